The summed E-state index contributed by atoms with van der Waals surface area (Å²) in [4.78, 5) is 14.3. The lowest BCUT2D eigenvalue weighted by Gasteiger charge is -2.34. The first-order valence-corrected chi connectivity index (χ1v) is 7.11. The Bertz CT molecular complexity index is 521. The maximum Gasteiger partial charge on any atom is 0.238 e. The number of piperidine rings is 1. The molecule has 4 heteroatoms. The number of anilines is 1. The van der Waals surface area contributed by atoms with E-state index in [0.717, 1.165) is 25.4 Å². The molecular weight excluding hydrogens is 250 g/mol. The Morgan fingerprint density at radius 1 is 1.40 bits per heavy atom. The molecule has 0 bridgehead atoms. The molecule has 0 saturated carbocycles. The number of nitrogens with zero attached hydrogens (tertiary/aromatic N) is 2. The molecule has 1 heterocycles. The standard InChI is InChI=1S/C16H21N3O/c1-12-7-8-19(10-13(12)2)11-16(20)18-15-6-4-3-5-14(15)9-17/h3-6,12-13H,7-8,10-11H2,1-2H3,(H,18,20). The first-order chi connectivity index (χ1) is 9.60. The lowest BCUT2D eigenvalue weighted by atomic mass is 9.89. The molecule has 1 aliphatic heterocycles. The number of carbonyl (C=O) groups is 1. The van der Waals surface area contributed by atoms with E-state index in [2.05, 4.69) is 30.1 Å². The van der Waals surface area contributed by atoms with Crippen molar-refractivity contribution in [3.63, 3.8) is 0 Å². The third-order valence-electron chi connectivity index (χ3n) is 4.11. The van der Waals surface area contributed by atoms with Crippen molar-refractivity contribution in [2.24, 2.45) is 11.8 Å². The Hall–Kier alpha value is -1.86. The lowest BCUT2D eigenvalue weighted by Crippen LogP contribution is -2.42. The quantitative estimate of drug-likeness (QED) is 0.918. The molecule has 1 aliphatic rings. The average molecular weight is 271 g/mol. The van der Waals surface area contributed by atoms with Gasteiger partial charge in [0.1, 0.15) is 6.07 Å². The van der Waals surface area contributed by atoms with Crippen LogP contribution in [0.15, 0.2) is 24.3 Å². The van der Waals surface area contributed by atoms with Crippen molar-refractivity contribution in [3.8, 4) is 6.07 Å². The van der Waals surface area contributed by atoms with E-state index in [1.165, 1.54) is 0 Å². The van der Waals surface area contributed by atoms with Crippen LogP contribution in [0.2, 0.25) is 0 Å². The Morgan fingerprint density at radius 3 is 2.85 bits per heavy atom. The van der Waals surface area contributed by atoms with Crippen molar-refractivity contribution in [1.82, 2.24) is 4.90 Å². The summed E-state index contributed by atoms with van der Waals surface area (Å²) in [5, 5.41) is 11.8. The van der Waals surface area contributed by atoms with E-state index in [1.807, 2.05) is 6.07 Å². The highest BCUT2D eigenvalue weighted by Crippen LogP contribution is 2.22. The highest BCUT2D eigenvalue weighted by atomic mass is 16.2. The predicted molar refractivity (Wildman–Crippen MR) is 79.2 cm³/mol. The monoisotopic (exact) mass is 271 g/mol. The largest absolute Gasteiger partial charge is 0.324 e. The van der Waals surface area contributed by atoms with Gasteiger partial charge in [-0.05, 0) is 36.9 Å². The molecule has 1 amide bonds. The van der Waals surface area contributed by atoms with Gasteiger partial charge in [0.2, 0.25) is 5.91 Å². The second-order valence-electron chi connectivity index (χ2n) is 5.68. The summed E-state index contributed by atoms with van der Waals surface area (Å²) in [5.74, 6) is 1.31. The van der Waals surface area contributed by atoms with Crippen LogP contribution in [-0.2, 0) is 4.79 Å². The van der Waals surface area contributed by atoms with Gasteiger partial charge in [0, 0.05) is 6.54 Å². The number of carbonyl (C=O) groups excluding carboxylic acids is 1. The SMILES string of the molecule is CC1CCN(CC(=O)Nc2ccccc2C#N)CC1C. The minimum atomic E-state index is -0.0468. The molecule has 0 radical (unpaired) electrons. The van der Waals surface area contributed by atoms with Crippen LogP contribution in [0, 0.1) is 23.2 Å². The van der Waals surface area contributed by atoms with Crippen LogP contribution in [0.5, 0.6) is 0 Å². The summed E-state index contributed by atoms with van der Waals surface area (Å²) < 4.78 is 0. The third-order valence-corrected chi connectivity index (χ3v) is 4.11. The first kappa shape index (κ1) is 14.5. The second-order valence-corrected chi connectivity index (χ2v) is 5.68. The summed E-state index contributed by atoms with van der Waals surface area (Å²) in [6.07, 6.45) is 1.14. The summed E-state index contributed by atoms with van der Waals surface area (Å²) >= 11 is 0. The molecule has 106 valence electrons. The van der Waals surface area contributed by atoms with E-state index in [-0.39, 0.29) is 5.91 Å². The number of likely N-dealkylation sites (tertiary alicyclic amines) is 1. The summed E-state index contributed by atoms with van der Waals surface area (Å²) in [6.45, 7) is 6.84. The van der Waals surface area contributed by atoms with Gasteiger partial charge in [-0.2, -0.15) is 5.26 Å². The number of para-hydroxylation sites is 1. The molecule has 2 atom stereocenters. The van der Waals surface area contributed by atoms with Gasteiger partial charge < -0.3 is 5.32 Å². The molecule has 0 aliphatic carbocycles. The van der Waals surface area contributed by atoms with Crippen molar-refractivity contribution in [1.29, 1.82) is 5.26 Å². The number of hydrogen-bond donors (Lipinski definition) is 1. The number of hydrogen-bond acceptors (Lipinski definition) is 3. The van der Waals surface area contributed by atoms with Crippen LogP contribution in [-0.4, -0.2) is 30.4 Å². The average Bonchev–Trinajstić information content (AvgIpc) is 2.43. The molecule has 2 rings (SSSR count). The fraction of sp³-hybridized carbons (Fsp3) is 0.500. The smallest absolute Gasteiger partial charge is 0.238 e. The van der Waals surface area contributed by atoms with Crippen molar-refractivity contribution in [2.45, 2.75) is 20.3 Å². The van der Waals surface area contributed by atoms with Crippen molar-refractivity contribution in [3.05, 3.63) is 29.8 Å². The number of amides is 1. The number of rotatable bonds is 3. The van der Waals surface area contributed by atoms with Crippen molar-refractivity contribution >= 4 is 11.6 Å². The van der Waals surface area contributed by atoms with Crippen LogP contribution < -0.4 is 5.32 Å². The molecule has 0 spiro atoms. The van der Waals surface area contributed by atoms with Gasteiger partial charge >= 0.3 is 0 Å². The fourth-order valence-electron chi connectivity index (χ4n) is 2.58. The molecule has 1 aromatic rings. The van der Waals surface area contributed by atoms with Crippen molar-refractivity contribution in [2.75, 3.05) is 25.0 Å². The number of nitrogens with one attached hydrogen (secondary N) is 1. The predicted octanol–water partition coefficient (Wildman–Crippen LogP) is 2.47. The lowest BCUT2D eigenvalue weighted by molar-refractivity contribution is -0.117. The van der Waals surface area contributed by atoms with Gasteiger partial charge in [-0.25, -0.2) is 0 Å². The van der Waals surface area contributed by atoms with E-state index in [0.29, 0.717) is 23.7 Å². The maximum atomic E-state index is 12.1. The van der Waals surface area contributed by atoms with Gasteiger partial charge in [-0.3, -0.25) is 9.69 Å². The zero-order valence-electron chi connectivity index (χ0n) is 12.1. The molecule has 1 fully saturated rings. The number of nitriles is 1. The molecule has 0 aromatic heterocycles. The number of benzene rings is 1. The topological polar surface area (TPSA) is 56.1 Å². The van der Waals surface area contributed by atoms with E-state index in [1.54, 1.807) is 18.2 Å². The Balaban J connectivity index is 1.91. The molecule has 20 heavy (non-hydrogen) atoms. The normalized spacial score (nSPS) is 23.1. The molecule has 2 unspecified atom stereocenters. The second kappa shape index (κ2) is 6.53. The maximum absolute atomic E-state index is 12.1. The third kappa shape index (κ3) is 3.58. The van der Waals surface area contributed by atoms with Gasteiger partial charge in [0.15, 0.2) is 0 Å². The molecule has 1 aromatic carbocycles. The summed E-state index contributed by atoms with van der Waals surface area (Å²) in [6, 6.07) is 9.17. The molecule has 1 saturated heterocycles. The van der Waals surface area contributed by atoms with Gasteiger partial charge in [0.25, 0.3) is 0 Å². The molecular formula is C16H21N3O. The molecule has 4 nitrogen and oxygen atoms in total. The van der Waals surface area contributed by atoms with Gasteiger partial charge in [-0.1, -0.05) is 26.0 Å². The highest BCUT2D eigenvalue weighted by molar-refractivity contribution is 5.93. The van der Waals surface area contributed by atoms with E-state index >= 15 is 0 Å². The minimum absolute atomic E-state index is 0.0468. The Morgan fingerprint density at radius 2 is 2.15 bits per heavy atom. The van der Waals surface area contributed by atoms with Crippen LogP contribution in [0.1, 0.15) is 25.8 Å². The van der Waals surface area contributed by atoms with Crippen LogP contribution in [0.3, 0.4) is 0 Å². The van der Waals surface area contributed by atoms with Crippen LogP contribution >= 0.6 is 0 Å². The first-order valence-electron chi connectivity index (χ1n) is 7.11. The summed E-state index contributed by atoms with van der Waals surface area (Å²) in [5.41, 5.74) is 1.10. The van der Waals surface area contributed by atoms with E-state index < -0.39 is 0 Å². The van der Waals surface area contributed by atoms with Crippen molar-refractivity contribution < 1.29 is 4.79 Å². The fourth-order valence-corrected chi connectivity index (χ4v) is 2.58. The van der Waals surface area contributed by atoms with Crippen LogP contribution in [0.4, 0.5) is 5.69 Å². The molecule has 1 N–H and O–H groups in total. The Kier molecular flexibility index (Phi) is 4.75. The van der Waals surface area contributed by atoms with E-state index in [4.69, 9.17) is 5.26 Å². The van der Waals surface area contributed by atoms with E-state index in [9.17, 15) is 4.79 Å². The zero-order valence-corrected chi connectivity index (χ0v) is 12.1. The zero-order chi connectivity index (χ0) is 14.5. The van der Waals surface area contributed by atoms with Crippen LogP contribution in [0.25, 0.3) is 0 Å². The summed E-state index contributed by atoms with van der Waals surface area (Å²) in [7, 11) is 0. The Labute approximate surface area is 120 Å². The van der Waals surface area contributed by atoms with Gasteiger partial charge in [0.05, 0.1) is 17.8 Å². The minimum Gasteiger partial charge on any atom is -0.324 e. The van der Waals surface area contributed by atoms with Gasteiger partial charge in [-0.15, -0.1) is 0 Å². The highest BCUT2D eigenvalue weighted by Gasteiger charge is 2.23.